The van der Waals surface area contributed by atoms with Crippen molar-refractivity contribution in [1.82, 2.24) is 0 Å². The van der Waals surface area contributed by atoms with Crippen molar-refractivity contribution in [3.63, 3.8) is 0 Å². The van der Waals surface area contributed by atoms with Crippen LogP contribution < -0.4 is 0 Å². The van der Waals surface area contributed by atoms with Crippen LogP contribution in [0.25, 0.3) is 11.0 Å². The Morgan fingerprint density at radius 1 is 1.35 bits per heavy atom. The molecule has 1 aliphatic heterocycles. The quantitative estimate of drug-likeness (QED) is 0.822. The third-order valence-corrected chi connectivity index (χ3v) is 3.43. The van der Waals surface area contributed by atoms with Crippen molar-refractivity contribution in [2.45, 2.75) is 31.5 Å². The van der Waals surface area contributed by atoms with Crippen LogP contribution in [-0.4, -0.2) is 17.8 Å². The molecule has 1 saturated heterocycles. The van der Waals surface area contributed by atoms with E-state index < -0.39 is 5.60 Å². The molecule has 1 N–H and O–H groups in total. The molecule has 3 rings (SSSR count). The Morgan fingerprint density at radius 2 is 2.18 bits per heavy atom. The molecule has 0 spiro atoms. The van der Waals surface area contributed by atoms with Gasteiger partial charge in [0.15, 0.2) is 0 Å². The van der Waals surface area contributed by atoms with Crippen molar-refractivity contribution in [2.24, 2.45) is 0 Å². The second-order valence-electron chi connectivity index (χ2n) is 4.82. The van der Waals surface area contributed by atoms with Crippen molar-refractivity contribution in [2.75, 3.05) is 6.61 Å². The van der Waals surface area contributed by atoms with E-state index in [0.717, 1.165) is 11.0 Å². The zero-order valence-corrected chi connectivity index (χ0v) is 9.85. The third kappa shape index (κ3) is 1.85. The standard InChI is InChI=1S/C14H16O3/c1-10-9-14(15,6-7-16-10)13-8-11-4-2-3-5-12(11)17-13/h2-5,8,10,15H,6-7,9H2,1H3. The van der Waals surface area contributed by atoms with Gasteiger partial charge < -0.3 is 14.3 Å². The van der Waals surface area contributed by atoms with Crippen molar-refractivity contribution in [3.05, 3.63) is 36.1 Å². The average Bonchev–Trinajstić information content (AvgIpc) is 2.73. The zero-order valence-electron chi connectivity index (χ0n) is 9.85. The van der Waals surface area contributed by atoms with E-state index in [9.17, 15) is 5.11 Å². The van der Waals surface area contributed by atoms with E-state index in [1.165, 1.54) is 0 Å². The summed E-state index contributed by atoms with van der Waals surface area (Å²) in [6.45, 7) is 2.56. The molecule has 3 nitrogen and oxygen atoms in total. The van der Waals surface area contributed by atoms with Crippen LogP contribution in [0.5, 0.6) is 0 Å². The molecule has 0 radical (unpaired) electrons. The predicted octanol–water partition coefficient (Wildman–Crippen LogP) is 2.82. The van der Waals surface area contributed by atoms with E-state index >= 15 is 0 Å². The van der Waals surface area contributed by atoms with Crippen LogP contribution in [0, 0.1) is 0 Å². The molecule has 3 heteroatoms. The molecule has 90 valence electrons. The van der Waals surface area contributed by atoms with Crippen LogP contribution in [0.2, 0.25) is 0 Å². The summed E-state index contributed by atoms with van der Waals surface area (Å²) in [5.41, 5.74) is -0.0495. The van der Waals surface area contributed by atoms with Crippen LogP contribution in [0.1, 0.15) is 25.5 Å². The Bertz CT molecular complexity index is 498. The molecular formula is C14H16O3. The number of hydrogen-bond donors (Lipinski definition) is 1. The smallest absolute Gasteiger partial charge is 0.137 e. The summed E-state index contributed by atoms with van der Waals surface area (Å²) in [7, 11) is 0. The van der Waals surface area contributed by atoms with Crippen molar-refractivity contribution >= 4 is 11.0 Å². The van der Waals surface area contributed by atoms with Gasteiger partial charge in [-0.3, -0.25) is 0 Å². The number of furan rings is 1. The molecule has 0 saturated carbocycles. The number of fused-ring (bicyclic) bond motifs is 1. The summed E-state index contributed by atoms with van der Waals surface area (Å²) in [4.78, 5) is 0. The molecule has 2 heterocycles. The minimum absolute atomic E-state index is 0.0713. The van der Waals surface area contributed by atoms with Gasteiger partial charge in [0.1, 0.15) is 16.9 Å². The number of benzene rings is 1. The lowest BCUT2D eigenvalue weighted by Crippen LogP contribution is -2.37. The molecule has 0 bridgehead atoms. The Morgan fingerprint density at radius 3 is 2.94 bits per heavy atom. The highest BCUT2D eigenvalue weighted by atomic mass is 16.5. The summed E-state index contributed by atoms with van der Waals surface area (Å²) < 4.78 is 11.2. The molecule has 2 aromatic rings. The molecule has 1 aromatic heterocycles. The highest BCUT2D eigenvalue weighted by Gasteiger charge is 2.37. The first-order chi connectivity index (χ1) is 8.17. The molecule has 1 aromatic carbocycles. The lowest BCUT2D eigenvalue weighted by Gasteiger charge is -2.33. The van der Waals surface area contributed by atoms with Crippen LogP contribution in [0.15, 0.2) is 34.7 Å². The molecule has 0 amide bonds. The minimum atomic E-state index is -0.878. The summed E-state index contributed by atoms with van der Waals surface area (Å²) in [5.74, 6) is 0.661. The average molecular weight is 232 g/mol. The number of rotatable bonds is 1. The van der Waals surface area contributed by atoms with Gasteiger partial charge in [-0.15, -0.1) is 0 Å². The highest BCUT2D eigenvalue weighted by Crippen LogP contribution is 2.37. The molecule has 2 atom stereocenters. The highest BCUT2D eigenvalue weighted by molar-refractivity contribution is 5.77. The largest absolute Gasteiger partial charge is 0.458 e. The van der Waals surface area contributed by atoms with Gasteiger partial charge >= 0.3 is 0 Å². The van der Waals surface area contributed by atoms with Crippen LogP contribution in [-0.2, 0) is 10.3 Å². The van der Waals surface area contributed by atoms with E-state index in [2.05, 4.69) is 0 Å². The van der Waals surface area contributed by atoms with E-state index in [-0.39, 0.29) is 6.10 Å². The SMILES string of the molecule is CC1CC(O)(c2cc3ccccc3o2)CCO1. The van der Waals surface area contributed by atoms with Gasteiger partial charge in [0, 0.05) is 18.2 Å². The Hall–Kier alpha value is -1.32. The lowest BCUT2D eigenvalue weighted by molar-refractivity contribution is -0.110. The van der Waals surface area contributed by atoms with E-state index in [0.29, 0.717) is 25.2 Å². The van der Waals surface area contributed by atoms with Crippen molar-refractivity contribution in [1.29, 1.82) is 0 Å². The first kappa shape index (κ1) is 10.8. The molecule has 0 aliphatic carbocycles. The summed E-state index contributed by atoms with van der Waals surface area (Å²) >= 11 is 0. The van der Waals surface area contributed by atoms with Gasteiger partial charge in [-0.2, -0.15) is 0 Å². The van der Waals surface area contributed by atoms with E-state index in [1.54, 1.807) is 0 Å². The third-order valence-electron chi connectivity index (χ3n) is 3.43. The van der Waals surface area contributed by atoms with Crippen LogP contribution in [0.4, 0.5) is 0 Å². The Balaban J connectivity index is 2.02. The molecule has 1 fully saturated rings. The monoisotopic (exact) mass is 232 g/mol. The second kappa shape index (κ2) is 3.86. The topological polar surface area (TPSA) is 42.6 Å². The Labute approximate surface area is 100.0 Å². The molecule has 2 unspecified atom stereocenters. The summed E-state index contributed by atoms with van der Waals surface area (Å²) in [6, 6.07) is 9.76. The first-order valence-electron chi connectivity index (χ1n) is 6.00. The zero-order chi connectivity index (χ0) is 11.9. The first-order valence-corrected chi connectivity index (χ1v) is 6.00. The summed E-state index contributed by atoms with van der Waals surface area (Å²) in [6.07, 6.45) is 1.26. The number of aliphatic hydroxyl groups is 1. The maximum Gasteiger partial charge on any atom is 0.137 e. The number of ether oxygens (including phenoxy) is 1. The van der Waals surface area contributed by atoms with Crippen LogP contribution in [0.3, 0.4) is 0 Å². The van der Waals surface area contributed by atoms with E-state index in [1.807, 2.05) is 37.3 Å². The van der Waals surface area contributed by atoms with Gasteiger partial charge in [-0.1, -0.05) is 18.2 Å². The number of para-hydroxylation sites is 1. The van der Waals surface area contributed by atoms with Gasteiger partial charge in [-0.25, -0.2) is 0 Å². The fourth-order valence-electron chi connectivity index (χ4n) is 2.50. The maximum atomic E-state index is 10.6. The van der Waals surface area contributed by atoms with Gasteiger partial charge in [0.25, 0.3) is 0 Å². The normalized spacial score (nSPS) is 29.6. The van der Waals surface area contributed by atoms with E-state index in [4.69, 9.17) is 9.15 Å². The van der Waals surface area contributed by atoms with Gasteiger partial charge in [0.2, 0.25) is 0 Å². The molecule has 17 heavy (non-hydrogen) atoms. The maximum absolute atomic E-state index is 10.6. The Kier molecular flexibility index (Phi) is 2.45. The predicted molar refractivity (Wildman–Crippen MR) is 64.8 cm³/mol. The minimum Gasteiger partial charge on any atom is -0.458 e. The lowest BCUT2D eigenvalue weighted by atomic mass is 9.88. The molecular weight excluding hydrogens is 216 g/mol. The van der Waals surface area contributed by atoms with Crippen molar-refractivity contribution < 1.29 is 14.3 Å². The van der Waals surface area contributed by atoms with Crippen molar-refractivity contribution in [3.8, 4) is 0 Å². The van der Waals surface area contributed by atoms with Gasteiger partial charge in [0.05, 0.1) is 12.7 Å². The fraction of sp³-hybridized carbons (Fsp3) is 0.429. The second-order valence-corrected chi connectivity index (χ2v) is 4.82. The van der Waals surface area contributed by atoms with Gasteiger partial charge in [-0.05, 0) is 19.1 Å². The fourth-order valence-corrected chi connectivity index (χ4v) is 2.50. The number of hydrogen-bond acceptors (Lipinski definition) is 3. The molecule has 1 aliphatic rings. The van der Waals surface area contributed by atoms with Crippen LogP contribution >= 0.6 is 0 Å². The summed E-state index contributed by atoms with van der Waals surface area (Å²) in [5, 5.41) is 11.7.